The third kappa shape index (κ3) is 5.22. The summed E-state index contributed by atoms with van der Waals surface area (Å²) in [6.45, 7) is 11.9. The van der Waals surface area contributed by atoms with Gasteiger partial charge >= 0.3 is 0 Å². The van der Waals surface area contributed by atoms with Crippen LogP contribution in [0, 0.1) is 12.8 Å². The van der Waals surface area contributed by atoms with Crippen LogP contribution in [0.5, 0.6) is 0 Å². The standard InChI is InChI=1S/C26H35NO2/c1-6-23(26-18(2)12-13-29-20(26)4)15-25-19(3)27-16-24(25)14-21-8-7-9-22(11-10-21)17-28-5/h6,12,14-16,22,27H,1,7-11,13,17H2,2-5H3/b21-14+,23-15+. The Kier molecular flexibility index (Phi) is 7.38. The molecule has 0 amide bonds. The summed E-state index contributed by atoms with van der Waals surface area (Å²) >= 11 is 0. The molecule has 0 bridgehead atoms. The predicted molar refractivity (Wildman–Crippen MR) is 123 cm³/mol. The lowest BCUT2D eigenvalue weighted by Crippen LogP contribution is -2.06. The summed E-state index contributed by atoms with van der Waals surface area (Å²) in [5.74, 6) is 1.67. The molecule has 0 saturated heterocycles. The fourth-order valence-corrected chi connectivity index (χ4v) is 4.48. The van der Waals surface area contributed by atoms with Crippen molar-refractivity contribution in [2.24, 2.45) is 5.92 Å². The van der Waals surface area contributed by atoms with Crippen molar-refractivity contribution in [2.45, 2.75) is 52.9 Å². The van der Waals surface area contributed by atoms with E-state index in [-0.39, 0.29) is 0 Å². The van der Waals surface area contributed by atoms with Crippen LogP contribution < -0.4 is 0 Å². The van der Waals surface area contributed by atoms with Crippen LogP contribution >= 0.6 is 0 Å². The van der Waals surface area contributed by atoms with Gasteiger partial charge in [-0.05, 0) is 87.7 Å². The molecular weight excluding hydrogens is 358 g/mol. The second-order valence-electron chi connectivity index (χ2n) is 8.27. The fraction of sp³-hybridized carbons (Fsp3) is 0.462. The zero-order chi connectivity index (χ0) is 20.8. The number of aryl methyl sites for hydroxylation is 1. The molecule has 1 aliphatic heterocycles. The maximum absolute atomic E-state index is 5.77. The molecule has 1 aliphatic carbocycles. The summed E-state index contributed by atoms with van der Waals surface area (Å²) in [7, 11) is 1.81. The summed E-state index contributed by atoms with van der Waals surface area (Å²) in [6, 6.07) is 0. The second-order valence-corrected chi connectivity index (χ2v) is 8.27. The summed E-state index contributed by atoms with van der Waals surface area (Å²) in [5, 5.41) is 0. The Labute approximate surface area is 175 Å². The Hall–Kier alpha value is -2.26. The molecule has 156 valence electrons. The van der Waals surface area contributed by atoms with Crippen molar-refractivity contribution in [3.05, 3.63) is 69.8 Å². The van der Waals surface area contributed by atoms with E-state index in [0.29, 0.717) is 12.5 Å². The average molecular weight is 394 g/mol. The lowest BCUT2D eigenvalue weighted by molar-refractivity contribution is 0.145. The number of aromatic amines is 1. The molecule has 2 heterocycles. The zero-order valence-electron chi connectivity index (χ0n) is 18.4. The van der Waals surface area contributed by atoms with E-state index < -0.39 is 0 Å². The third-order valence-electron chi connectivity index (χ3n) is 6.15. The van der Waals surface area contributed by atoms with Crippen LogP contribution in [0.3, 0.4) is 0 Å². The summed E-state index contributed by atoms with van der Waals surface area (Å²) < 4.78 is 11.2. The molecule has 2 aliphatic rings. The highest BCUT2D eigenvalue weighted by Crippen LogP contribution is 2.33. The van der Waals surface area contributed by atoms with Gasteiger partial charge in [0.15, 0.2) is 0 Å². The van der Waals surface area contributed by atoms with Crippen LogP contribution in [0.15, 0.2) is 53.0 Å². The third-order valence-corrected chi connectivity index (χ3v) is 6.15. The highest BCUT2D eigenvalue weighted by molar-refractivity contribution is 5.74. The molecule has 1 unspecified atom stereocenters. The van der Waals surface area contributed by atoms with Crippen molar-refractivity contribution in [1.29, 1.82) is 0 Å². The van der Waals surface area contributed by atoms with Crippen LogP contribution in [-0.4, -0.2) is 25.3 Å². The molecule has 0 spiro atoms. The molecule has 3 heteroatoms. The lowest BCUT2D eigenvalue weighted by atomic mass is 9.93. The fourth-order valence-electron chi connectivity index (χ4n) is 4.48. The van der Waals surface area contributed by atoms with Gasteiger partial charge in [0.2, 0.25) is 0 Å². The molecule has 1 aromatic rings. The number of H-pyrrole nitrogens is 1. The Balaban J connectivity index is 1.90. The zero-order valence-corrected chi connectivity index (χ0v) is 18.4. The number of allylic oxidation sites excluding steroid dienone is 6. The molecule has 1 N–H and O–H groups in total. The first kappa shape index (κ1) is 21.4. The second kappa shape index (κ2) is 9.98. The number of hydrogen-bond acceptors (Lipinski definition) is 2. The van der Waals surface area contributed by atoms with Crippen LogP contribution in [0.2, 0.25) is 0 Å². The van der Waals surface area contributed by atoms with Gasteiger partial charge in [-0.25, -0.2) is 0 Å². The Morgan fingerprint density at radius 1 is 1.28 bits per heavy atom. The Morgan fingerprint density at radius 2 is 2.10 bits per heavy atom. The van der Waals surface area contributed by atoms with Crippen molar-refractivity contribution in [1.82, 2.24) is 4.98 Å². The van der Waals surface area contributed by atoms with Gasteiger partial charge in [-0.15, -0.1) is 0 Å². The minimum absolute atomic E-state index is 0.649. The first-order valence-electron chi connectivity index (χ1n) is 10.7. The molecule has 1 atom stereocenters. The minimum atomic E-state index is 0.649. The van der Waals surface area contributed by atoms with Gasteiger partial charge in [0.05, 0.1) is 0 Å². The van der Waals surface area contributed by atoms with E-state index in [2.05, 4.69) is 49.8 Å². The van der Waals surface area contributed by atoms with Crippen molar-refractivity contribution in [2.75, 3.05) is 20.3 Å². The van der Waals surface area contributed by atoms with E-state index in [1.54, 1.807) is 5.57 Å². The SMILES string of the molecule is C=C/C(=C\c1c(/C=C2\CCCC(COC)CC2)c[nH]c1C)C1=C(C)OCC=C1C. The van der Waals surface area contributed by atoms with Gasteiger partial charge < -0.3 is 14.5 Å². The number of methoxy groups -OCH3 is 1. The number of aromatic nitrogens is 1. The number of hydrogen-bond donors (Lipinski definition) is 1. The number of rotatable bonds is 6. The molecule has 1 saturated carbocycles. The smallest absolute Gasteiger partial charge is 0.106 e. The normalized spacial score (nSPS) is 22.3. The van der Waals surface area contributed by atoms with Crippen LogP contribution in [0.25, 0.3) is 12.2 Å². The van der Waals surface area contributed by atoms with Gasteiger partial charge in [-0.3, -0.25) is 0 Å². The van der Waals surface area contributed by atoms with E-state index in [9.17, 15) is 0 Å². The summed E-state index contributed by atoms with van der Waals surface area (Å²) in [6.07, 6.45) is 16.9. The van der Waals surface area contributed by atoms with Crippen molar-refractivity contribution in [3.8, 4) is 0 Å². The molecule has 3 rings (SSSR count). The Bertz CT molecular complexity index is 863. The van der Waals surface area contributed by atoms with E-state index >= 15 is 0 Å². The molecular formula is C26H35NO2. The first-order chi connectivity index (χ1) is 14.0. The highest BCUT2D eigenvalue weighted by Gasteiger charge is 2.17. The maximum atomic E-state index is 5.77. The first-order valence-corrected chi connectivity index (χ1v) is 10.7. The molecule has 0 aromatic carbocycles. The van der Waals surface area contributed by atoms with Crippen LogP contribution in [-0.2, 0) is 9.47 Å². The van der Waals surface area contributed by atoms with Gasteiger partial charge in [0.25, 0.3) is 0 Å². The topological polar surface area (TPSA) is 34.2 Å². The van der Waals surface area contributed by atoms with E-state index in [1.165, 1.54) is 48.1 Å². The van der Waals surface area contributed by atoms with Crippen molar-refractivity contribution < 1.29 is 9.47 Å². The van der Waals surface area contributed by atoms with Crippen molar-refractivity contribution in [3.63, 3.8) is 0 Å². The molecule has 1 fully saturated rings. The molecule has 0 radical (unpaired) electrons. The summed E-state index contributed by atoms with van der Waals surface area (Å²) in [4.78, 5) is 3.42. The van der Waals surface area contributed by atoms with Crippen LogP contribution in [0.4, 0.5) is 0 Å². The van der Waals surface area contributed by atoms with E-state index in [4.69, 9.17) is 9.47 Å². The molecule has 1 aromatic heterocycles. The predicted octanol–water partition coefficient (Wildman–Crippen LogP) is 6.75. The monoisotopic (exact) mass is 393 g/mol. The van der Waals surface area contributed by atoms with Gasteiger partial charge in [-0.1, -0.05) is 24.3 Å². The maximum Gasteiger partial charge on any atom is 0.106 e. The van der Waals surface area contributed by atoms with Gasteiger partial charge in [0, 0.05) is 36.7 Å². The number of nitrogens with one attached hydrogen (secondary N) is 1. The summed E-state index contributed by atoms with van der Waals surface area (Å²) in [5.41, 5.74) is 8.74. The Morgan fingerprint density at radius 3 is 2.83 bits per heavy atom. The average Bonchev–Trinajstić information content (AvgIpc) is 2.89. The van der Waals surface area contributed by atoms with Crippen molar-refractivity contribution >= 4 is 12.2 Å². The minimum Gasteiger partial charge on any atom is -0.494 e. The van der Waals surface area contributed by atoms with Gasteiger partial charge in [-0.2, -0.15) is 0 Å². The van der Waals surface area contributed by atoms with E-state index in [1.807, 2.05) is 20.1 Å². The quantitative estimate of drug-likeness (QED) is 0.428. The largest absolute Gasteiger partial charge is 0.494 e. The number of ether oxygens (including phenoxy) is 2. The van der Waals surface area contributed by atoms with E-state index in [0.717, 1.165) is 29.9 Å². The molecule has 3 nitrogen and oxygen atoms in total. The van der Waals surface area contributed by atoms with Gasteiger partial charge in [0.1, 0.15) is 12.4 Å². The van der Waals surface area contributed by atoms with Crippen LogP contribution in [0.1, 0.15) is 62.8 Å². The highest BCUT2D eigenvalue weighted by atomic mass is 16.5. The molecule has 29 heavy (non-hydrogen) atoms. The lowest BCUT2D eigenvalue weighted by Gasteiger charge is -2.19.